The van der Waals surface area contributed by atoms with Gasteiger partial charge in [0.2, 0.25) is 0 Å². The van der Waals surface area contributed by atoms with Gasteiger partial charge in [0.1, 0.15) is 5.75 Å². The monoisotopic (exact) mass is 422 g/mol. The van der Waals surface area contributed by atoms with Gasteiger partial charge >= 0.3 is 11.8 Å². The Bertz CT molecular complexity index is 958. The number of nitrogens with one attached hydrogen (secondary N) is 3. The van der Waals surface area contributed by atoms with Gasteiger partial charge in [0.25, 0.3) is 0 Å². The van der Waals surface area contributed by atoms with Gasteiger partial charge in [-0.2, -0.15) is 5.10 Å². The Hall–Kier alpha value is -3.35. The first-order valence-corrected chi connectivity index (χ1v) is 10.6. The Morgan fingerprint density at radius 1 is 1.06 bits per heavy atom. The van der Waals surface area contributed by atoms with Crippen molar-refractivity contribution in [1.29, 1.82) is 0 Å². The maximum Gasteiger partial charge on any atom is 0.329 e. The Morgan fingerprint density at radius 2 is 1.84 bits per heavy atom. The van der Waals surface area contributed by atoms with Gasteiger partial charge in [-0.05, 0) is 43.4 Å². The average molecular weight is 423 g/mol. The lowest BCUT2D eigenvalue weighted by atomic mass is 9.86. The number of hydrogen-bond acceptors (Lipinski definition) is 5. The van der Waals surface area contributed by atoms with E-state index in [1.807, 2.05) is 49.4 Å². The van der Waals surface area contributed by atoms with Crippen LogP contribution in [0.2, 0.25) is 0 Å². The quantitative estimate of drug-likeness (QED) is 0.374. The number of hydrazone groups is 1. The van der Waals surface area contributed by atoms with E-state index in [2.05, 4.69) is 28.1 Å². The lowest BCUT2D eigenvalue weighted by Crippen LogP contribution is -2.46. The summed E-state index contributed by atoms with van der Waals surface area (Å²) in [7, 11) is 1.59. The molecule has 0 heterocycles. The molecule has 2 aromatic rings. The summed E-state index contributed by atoms with van der Waals surface area (Å²) in [5.41, 5.74) is 5.78. The van der Waals surface area contributed by atoms with E-state index >= 15 is 0 Å². The summed E-state index contributed by atoms with van der Waals surface area (Å²) in [4.78, 5) is 24.4. The first-order chi connectivity index (χ1) is 15.0. The molecule has 164 valence electrons. The van der Waals surface area contributed by atoms with E-state index in [0.29, 0.717) is 17.2 Å². The fourth-order valence-corrected chi connectivity index (χ4v) is 3.78. The van der Waals surface area contributed by atoms with Crippen molar-refractivity contribution in [2.24, 2.45) is 11.0 Å². The first-order valence-electron chi connectivity index (χ1n) is 10.6. The number of hydrogen-bond donors (Lipinski definition) is 3. The minimum Gasteiger partial charge on any atom is -0.495 e. The highest BCUT2D eigenvalue weighted by atomic mass is 16.5. The second-order valence-electron chi connectivity index (χ2n) is 7.91. The maximum absolute atomic E-state index is 12.2. The van der Waals surface area contributed by atoms with Gasteiger partial charge in [0.05, 0.1) is 19.0 Å². The molecule has 1 fully saturated rings. The highest BCUT2D eigenvalue weighted by molar-refractivity contribution is 6.35. The zero-order chi connectivity index (χ0) is 22.2. The van der Waals surface area contributed by atoms with Crippen molar-refractivity contribution in [2.75, 3.05) is 12.4 Å². The molecule has 2 atom stereocenters. The van der Waals surface area contributed by atoms with Gasteiger partial charge in [0.15, 0.2) is 0 Å². The average Bonchev–Trinajstić information content (AvgIpc) is 2.77. The largest absolute Gasteiger partial charge is 0.495 e. The number of anilines is 2. The van der Waals surface area contributed by atoms with E-state index in [-0.39, 0.29) is 6.04 Å². The van der Waals surface area contributed by atoms with Gasteiger partial charge in [-0.3, -0.25) is 9.59 Å². The molecule has 0 spiro atoms. The minimum absolute atomic E-state index is 0.0410. The van der Waals surface area contributed by atoms with Crippen LogP contribution in [-0.4, -0.2) is 31.2 Å². The number of methoxy groups -OCH3 is 1. The van der Waals surface area contributed by atoms with Crippen LogP contribution in [0.1, 0.15) is 43.7 Å². The first kappa shape index (κ1) is 22.3. The number of benzene rings is 2. The van der Waals surface area contributed by atoms with E-state index in [1.165, 1.54) is 12.6 Å². The number of rotatable bonds is 6. The van der Waals surface area contributed by atoms with E-state index in [0.717, 1.165) is 36.2 Å². The summed E-state index contributed by atoms with van der Waals surface area (Å²) in [6, 6.07) is 13.5. The topological polar surface area (TPSA) is 91.8 Å². The predicted octanol–water partition coefficient (Wildman–Crippen LogP) is 3.89. The Kier molecular flexibility index (Phi) is 7.65. The summed E-state index contributed by atoms with van der Waals surface area (Å²) >= 11 is 0. The van der Waals surface area contributed by atoms with Crippen molar-refractivity contribution in [3.05, 3.63) is 53.6 Å². The number of para-hydroxylation sites is 2. The van der Waals surface area contributed by atoms with Crippen LogP contribution in [0.4, 0.5) is 11.4 Å². The number of carbonyl (C=O) groups excluding carboxylic acids is 2. The van der Waals surface area contributed by atoms with Crippen LogP contribution in [-0.2, 0) is 9.59 Å². The molecule has 7 heteroatoms. The molecule has 0 aromatic heterocycles. The molecule has 0 unspecified atom stereocenters. The second kappa shape index (κ2) is 10.6. The molecule has 1 saturated carbocycles. The van der Waals surface area contributed by atoms with Crippen LogP contribution in [0.5, 0.6) is 5.75 Å². The molecular weight excluding hydrogens is 392 g/mol. The van der Waals surface area contributed by atoms with Crippen molar-refractivity contribution in [1.82, 2.24) is 10.7 Å². The zero-order valence-electron chi connectivity index (χ0n) is 18.3. The van der Waals surface area contributed by atoms with Crippen molar-refractivity contribution < 1.29 is 14.3 Å². The van der Waals surface area contributed by atoms with Gasteiger partial charge in [-0.15, -0.1) is 0 Å². The second-order valence-corrected chi connectivity index (χ2v) is 7.91. The molecule has 0 saturated heterocycles. The fourth-order valence-electron chi connectivity index (χ4n) is 3.78. The number of nitrogens with zero attached hydrogens (tertiary/aromatic N) is 1. The third-order valence-electron chi connectivity index (χ3n) is 5.69. The van der Waals surface area contributed by atoms with E-state index in [1.54, 1.807) is 7.11 Å². The van der Waals surface area contributed by atoms with Gasteiger partial charge in [-0.1, -0.05) is 50.1 Å². The number of ether oxygens (including phenoxy) is 1. The normalized spacial score (nSPS) is 18.4. The van der Waals surface area contributed by atoms with Crippen molar-refractivity contribution in [3.63, 3.8) is 0 Å². The third kappa shape index (κ3) is 5.84. The highest BCUT2D eigenvalue weighted by Crippen LogP contribution is 2.31. The Labute approximate surface area is 183 Å². The molecule has 2 amide bonds. The summed E-state index contributed by atoms with van der Waals surface area (Å²) in [5.74, 6) is -0.409. The molecule has 1 aliphatic rings. The van der Waals surface area contributed by atoms with Crippen molar-refractivity contribution >= 4 is 29.4 Å². The Balaban J connectivity index is 1.68. The number of carbonyl (C=O) groups is 2. The molecule has 3 rings (SSSR count). The standard InChI is InChI=1S/C24H30N4O3/c1-16-9-4-6-12-19(16)26-22-18(11-8-14-21(22)31-3)15-25-28-24(30)23(29)27-20-13-7-5-10-17(20)2/h4,6,8-9,11-12,14-15,17,20,26H,5,7,10,13H2,1-3H3,(H,27,29)(H,28,30)/b25-15-/t17-,20-/m0/s1. The van der Waals surface area contributed by atoms with Crippen molar-refractivity contribution in [3.8, 4) is 5.75 Å². The molecular formula is C24H30N4O3. The van der Waals surface area contributed by atoms with Crippen molar-refractivity contribution in [2.45, 2.75) is 45.6 Å². The van der Waals surface area contributed by atoms with E-state index < -0.39 is 11.8 Å². The number of aryl methyl sites for hydroxylation is 1. The maximum atomic E-state index is 12.2. The molecule has 0 bridgehead atoms. The Morgan fingerprint density at radius 3 is 2.58 bits per heavy atom. The zero-order valence-corrected chi connectivity index (χ0v) is 18.3. The molecule has 2 aromatic carbocycles. The van der Waals surface area contributed by atoms with E-state index in [9.17, 15) is 9.59 Å². The SMILES string of the molecule is COc1cccc(/C=N\NC(=O)C(=O)N[C@H]2CCCC[C@@H]2C)c1Nc1ccccc1C. The lowest BCUT2D eigenvalue weighted by molar-refractivity contribution is -0.139. The van der Waals surface area contributed by atoms with Gasteiger partial charge in [0, 0.05) is 17.3 Å². The summed E-state index contributed by atoms with van der Waals surface area (Å²) < 4.78 is 5.48. The molecule has 7 nitrogen and oxygen atoms in total. The highest BCUT2D eigenvalue weighted by Gasteiger charge is 2.25. The summed E-state index contributed by atoms with van der Waals surface area (Å²) in [6.07, 6.45) is 5.71. The van der Waals surface area contributed by atoms with Gasteiger partial charge < -0.3 is 15.4 Å². The smallest absolute Gasteiger partial charge is 0.329 e. The fraction of sp³-hybridized carbons (Fsp3) is 0.375. The number of amides is 2. The van der Waals surface area contributed by atoms with Crippen LogP contribution in [0, 0.1) is 12.8 Å². The van der Waals surface area contributed by atoms with E-state index in [4.69, 9.17) is 4.74 Å². The molecule has 0 radical (unpaired) electrons. The molecule has 0 aliphatic heterocycles. The van der Waals surface area contributed by atoms with Crippen LogP contribution in [0.15, 0.2) is 47.6 Å². The van der Waals surface area contributed by atoms with Crippen LogP contribution < -0.4 is 20.8 Å². The molecule has 1 aliphatic carbocycles. The predicted molar refractivity (Wildman–Crippen MR) is 123 cm³/mol. The molecule has 3 N–H and O–H groups in total. The lowest BCUT2D eigenvalue weighted by Gasteiger charge is -2.29. The third-order valence-corrected chi connectivity index (χ3v) is 5.69. The summed E-state index contributed by atoms with van der Waals surface area (Å²) in [6.45, 7) is 4.11. The minimum atomic E-state index is -0.773. The van der Waals surface area contributed by atoms with Gasteiger partial charge in [-0.25, -0.2) is 5.43 Å². The molecule has 31 heavy (non-hydrogen) atoms. The summed E-state index contributed by atoms with van der Waals surface area (Å²) in [5, 5.41) is 10.2. The van der Waals surface area contributed by atoms with Crippen LogP contribution >= 0.6 is 0 Å². The van der Waals surface area contributed by atoms with Crippen LogP contribution in [0.3, 0.4) is 0 Å². The van der Waals surface area contributed by atoms with Crippen LogP contribution in [0.25, 0.3) is 0 Å².